The fourth-order valence-corrected chi connectivity index (χ4v) is 3.05. The van der Waals surface area contributed by atoms with Crippen LogP contribution in [0, 0.1) is 0 Å². The van der Waals surface area contributed by atoms with Crippen molar-refractivity contribution in [1.82, 2.24) is 15.1 Å². The second kappa shape index (κ2) is 6.53. The van der Waals surface area contributed by atoms with Gasteiger partial charge in [-0.25, -0.2) is 0 Å². The van der Waals surface area contributed by atoms with Gasteiger partial charge in [-0.1, -0.05) is 13.3 Å². The molecule has 2 heterocycles. The van der Waals surface area contributed by atoms with Gasteiger partial charge in [0.15, 0.2) is 0 Å². The van der Waals surface area contributed by atoms with Gasteiger partial charge in [0.05, 0.1) is 0 Å². The third-order valence-corrected chi connectivity index (χ3v) is 4.43. The molecule has 2 unspecified atom stereocenters. The number of amides is 1. The zero-order chi connectivity index (χ0) is 13.0. The zero-order valence-corrected chi connectivity index (χ0v) is 11.8. The highest BCUT2D eigenvalue weighted by Gasteiger charge is 2.27. The summed E-state index contributed by atoms with van der Waals surface area (Å²) in [6, 6.07) is 0.966. The van der Waals surface area contributed by atoms with Gasteiger partial charge in [0.1, 0.15) is 0 Å². The standard InChI is InChI=1S/C14H27N3O/c1-3-13-11-17(9-8-16(13)2)14(18)10-12-6-4-5-7-15-12/h12-13,15H,3-11H2,1-2H3. The minimum atomic E-state index is 0.348. The number of piperidine rings is 1. The van der Waals surface area contributed by atoms with Gasteiger partial charge < -0.3 is 10.2 Å². The molecule has 0 bridgehead atoms. The Bertz CT molecular complexity index is 276. The lowest BCUT2D eigenvalue weighted by Crippen LogP contribution is -2.53. The molecule has 1 N–H and O–H groups in total. The van der Waals surface area contributed by atoms with Gasteiger partial charge in [-0.15, -0.1) is 0 Å². The van der Waals surface area contributed by atoms with E-state index in [0.717, 1.165) is 39.0 Å². The summed E-state index contributed by atoms with van der Waals surface area (Å²) in [6.45, 7) is 6.12. The van der Waals surface area contributed by atoms with Crippen molar-refractivity contribution in [2.75, 3.05) is 33.2 Å². The van der Waals surface area contributed by atoms with Crippen molar-refractivity contribution in [3.63, 3.8) is 0 Å². The predicted octanol–water partition coefficient (Wildman–Crippen LogP) is 1.07. The summed E-state index contributed by atoms with van der Waals surface area (Å²) in [5, 5.41) is 3.47. The highest BCUT2D eigenvalue weighted by molar-refractivity contribution is 5.77. The summed E-state index contributed by atoms with van der Waals surface area (Å²) in [5.41, 5.74) is 0. The number of carbonyl (C=O) groups is 1. The molecule has 0 aromatic heterocycles. The third-order valence-electron chi connectivity index (χ3n) is 4.43. The second-order valence-corrected chi connectivity index (χ2v) is 5.73. The molecule has 2 fully saturated rings. The van der Waals surface area contributed by atoms with Crippen molar-refractivity contribution in [3.05, 3.63) is 0 Å². The lowest BCUT2D eigenvalue weighted by molar-refractivity contribution is -0.134. The van der Waals surface area contributed by atoms with Gasteiger partial charge in [0.25, 0.3) is 0 Å². The Balaban J connectivity index is 1.81. The minimum absolute atomic E-state index is 0.348. The van der Waals surface area contributed by atoms with Gasteiger partial charge in [-0.2, -0.15) is 0 Å². The molecular formula is C14H27N3O. The first-order valence-corrected chi connectivity index (χ1v) is 7.42. The SMILES string of the molecule is CCC1CN(C(=O)CC2CCCCN2)CCN1C. The molecular weight excluding hydrogens is 226 g/mol. The lowest BCUT2D eigenvalue weighted by atomic mass is 10.0. The predicted molar refractivity (Wildman–Crippen MR) is 73.5 cm³/mol. The summed E-state index contributed by atoms with van der Waals surface area (Å²) in [7, 11) is 2.17. The van der Waals surface area contributed by atoms with E-state index in [0.29, 0.717) is 24.4 Å². The maximum atomic E-state index is 12.3. The maximum absolute atomic E-state index is 12.3. The highest BCUT2D eigenvalue weighted by atomic mass is 16.2. The van der Waals surface area contributed by atoms with Crippen molar-refractivity contribution in [2.45, 2.75) is 51.1 Å². The first kappa shape index (κ1) is 13.8. The molecule has 18 heavy (non-hydrogen) atoms. The van der Waals surface area contributed by atoms with Crippen LogP contribution in [0.1, 0.15) is 39.0 Å². The number of rotatable bonds is 3. The number of nitrogens with one attached hydrogen (secondary N) is 1. The lowest BCUT2D eigenvalue weighted by Gasteiger charge is -2.39. The molecule has 104 valence electrons. The normalized spacial score (nSPS) is 30.4. The quantitative estimate of drug-likeness (QED) is 0.817. The average Bonchev–Trinajstić information content (AvgIpc) is 2.40. The number of likely N-dealkylation sites (N-methyl/N-ethyl adjacent to an activating group) is 1. The van der Waals surface area contributed by atoms with E-state index < -0.39 is 0 Å². The van der Waals surface area contributed by atoms with Gasteiger partial charge in [0, 0.05) is 38.1 Å². The van der Waals surface area contributed by atoms with Crippen LogP contribution >= 0.6 is 0 Å². The number of carbonyl (C=O) groups excluding carboxylic acids is 1. The van der Waals surface area contributed by atoms with E-state index in [1.54, 1.807) is 0 Å². The van der Waals surface area contributed by atoms with Crippen LogP contribution in [0.2, 0.25) is 0 Å². The van der Waals surface area contributed by atoms with Crippen molar-refractivity contribution < 1.29 is 4.79 Å². The fraction of sp³-hybridized carbons (Fsp3) is 0.929. The molecule has 0 aromatic rings. The molecule has 0 aromatic carbocycles. The van der Waals surface area contributed by atoms with Crippen LogP contribution in [0.5, 0.6) is 0 Å². The summed E-state index contributed by atoms with van der Waals surface area (Å²) in [4.78, 5) is 16.8. The number of nitrogens with zero attached hydrogens (tertiary/aromatic N) is 2. The van der Waals surface area contributed by atoms with Crippen molar-refractivity contribution in [3.8, 4) is 0 Å². The topological polar surface area (TPSA) is 35.6 Å². The van der Waals surface area contributed by atoms with E-state index in [1.807, 2.05) is 0 Å². The Morgan fingerprint density at radius 2 is 2.17 bits per heavy atom. The summed E-state index contributed by atoms with van der Waals surface area (Å²) in [6.07, 6.45) is 5.52. The van der Waals surface area contributed by atoms with Gasteiger partial charge in [0.2, 0.25) is 5.91 Å². The number of hydrogen-bond acceptors (Lipinski definition) is 3. The van der Waals surface area contributed by atoms with Crippen LogP contribution in [0.4, 0.5) is 0 Å². The largest absolute Gasteiger partial charge is 0.340 e. The molecule has 4 nitrogen and oxygen atoms in total. The highest BCUT2D eigenvalue weighted by Crippen LogP contribution is 2.15. The Hall–Kier alpha value is -0.610. The van der Waals surface area contributed by atoms with Crippen LogP contribution < -0.4 is 5.32 Å². The molecule has 0 radical (unpaired) electrons. The third kappa shape index (κ3) is 3.45. The summed E-state index contributed by atoms with van der Waals surface area (Å²) >= 11 is 0. The first-order valence-electron chi connectivity index (χ1n) is 7.42. The smallest absolute Gasteiger partial charge is 0.224 e. The van der Waals surface area contributed by atoms with Crippen molar-refractivity contribution >= 4 is 5.91 Å². The Kier molecular flexibility index (Phi) is 5.01. The van der Waals surface area contributed by atoms with E-state index in [-0.39, 0.29) is 0 Å². The van der Waals surface area contributed by atoms with E-state index in [4.69, 9.17) is 0 Å². The molecule has 2 saturated heterocycles. The average molecular weight is 253 g/mol. The van der Waals surface area contributed by atoms with Gasteiger partial charge in [-0.3, -0.25) is 9.69 Å². The fourth-order valence-electron chi connectivity index (χ4n) is 3.05. The van der Waals surface area contributed by atoms with Crippen LogP contribution in [0.15, 0.2) is 0 Å². The van der Waals surface area contributed by atoms with Crippen LogP contribution in [-0.2, 0) is 4.79 Å². The van der Waals surface area contributed by atoms with E-state index in [9.17, 15) is 4.79 Å². The monoisotopic (exact) mass is 253 g/mol. The molecule has 2 aliphatic heterocycles. The minimum Gasteiger partial charge on any atom is -0.340 e. The van der Waals surface area contributed by atoms with Crippen LogP contribution in [-0.4, -0.2) is 61.0 Å². The van der Waals surface area contributed by atoms with E-state index in [1.165, 1.54) is 12.8 Å². The Morgan fingerprint density at radius 3 is 2.83 bits per heavy atom. The summed E-state index contributed by atoms with van der Waals surface area (Å²) < 4.78 is 0. The van der Waals surface area contributed by atoms with Gasteiger partial charge >= 0.3 is 0 Å². The van der Waals surface area contributed by atoms with Crippen LogP contribution in [0.3, 0.4) is 0 Å². The molecule has 1 amide bonds. The molecule has 2 rings (SSSR count). The first-order chi connectivity index (χ1) is 8.70. The van der Waals surface area contributed by atoms with Crippen molar-refractivity contribution in [1.29, 1.82) is 0 Å². The maximum Gasteiger partial charge on any atom is 0.224 e. The van der Waals surface area contributed by atoms with Gasteiger partial charge in [-0.05, 0) is 32.9 Å². The second-order valence-electron chi connectivity index (χ2n) is 5.73. The molecule has 4 heteroatoms. The summed E-state index contributed by atoms with van der Waals surface area (Å²) in [5.74, 6) is 0.348. The molecule has 2 atom stereocenters. The number of hydrogen-bond donors (Lipinski definition) is 1. The zero-order valence-electron chi connectivity index (χ0n) is 11.8. The van der Waals surface area contributed by atoms with Crippen molar-refractivity contribution in [2.24, 2.45) is 0 Å². The van der Waals surface area contributed by atoms with Crippen LogP contribution in [0.25, 0.3) is 0 Å². The Labute approximate surface area is 111 Å². The van der Waals surface area contributed by atoms with E-state index >= 15 is 0 Å². The molecule has 2 aliphatic rings. The molecule has 0 aliphatic carbocycles. The Morgan fingerprint density at radius 1 is 1.33 bits per heavy atom. The van der Waals surface area contributed by atoms with E-state index in [2.05, 4.69) is 29.1 Å². The molecule has 0 saturated carbocycles. The number of piperazine rings is 1. The molecule has 0 spiro atoms.